The molecule has 2 nitrogen and oxygen atoms in total. The van der Waals surface area contributed by atoms with E-state index < -0.39 is 0 Å². The van der Waals surface area contributed by atoms with Crippen LogP contribution in [0.25, 0.3) is 21.5 Å². The molecule has 1 aliphatic heterocycles. The van der Waals surface area contributed by atoms with Crippen molar-refractivity contribution in [3.8, 4) is 0 Å². The van der Waals surface area contributed by atoms with Gasteiger partial charge in [-0.25, -0.2) is 0 Å². The van der Waals surface area contributed by atoms with E-state index in [0.717, 1.165) is 17.4 Å². The van der Waals surface area contributed by atoms with Crippen LogP contribution in [0, 0.1) is 0 Å². The molecule has 156 valence electrons. The Hall–Kier alpha value is -2.40. The molecule has 5 rings (SSSR count). The van der Waals surface area contributed by atoms with Crippen molar-refractivity contribution >= 4 is 49.8 Å². The quantitative estimate of drug-likeness (QED) is 0.304. The van der Waals surface area contributed by atoms with Crippen LogP contribution in [0.3, 0.4) is 0 Å². The van der Waals surface area contributed by atoms with Gasteiger partial charge in [0.25, 0.3) is 0 Å². The first-order valence-corrected chi connectivity index (χ1v) is 12.2. The fourth-order valence-electron chi connectivity index (χ4n) is 4.81. The van der Waals surface area contributed by atoms with Gasteiger partial charge in [0.05, 0.1) is 5.37 Å². The van der Waals surface area contributed by atoms with Crippen LogP contribution in [-0.2, 0) is 0 Å². The van der Waals surface area contributed by atoms with Gasteiger partial charge < -0.3 is 4.90 Å². The topological polar surface area (TPSA) is 6.48 Å². The van der Waals surface area contributed by atoms with E-state index in [1.807, 2.05) is 0 Å². The molecule has 1 aliphatic rings. The van der Waals surface area contributed by atoms with Crippen LogP contribution >= 0.6 is 24.0 Å². The molecule has 0 spiro atoms. The molecule has 0 N–H and O–H groups in total. The molecule has 1 saturated heterocycles. The number of benzene rings is 4. The van der Waals surface area contributed by atoms with Crippen molar-refractivity contribution in [2.24, 2.45) is 0 Å². The van der Waals surface area contributed by atoms with Gasteiger partial charge >= 0.3 is 0 Å². The molecule has 4 heteroatoms. The Morgan fingerprint density at radius 2 is 1.26 bits per heavy atom. The standard InChI is InChI=1S/C27H26N2S2/c1-3-28-25(23-17-9-13-19-11-5-7-15-21(19)23)29(4-2)27(30)31-26(28)24-18-10-14-20-12-6-8-16-22(20)24/h5-18,25-26H,3-4H2,1-2H3. The molecule has 0 saturated carbocycles. The summed E-state index contributed by atoms with van der Waals surface area (Å²) in [6.07, 6.45) is 0.110. The van der Waals surface area contributed by atoms with Crippen LogP contribution < -0.4 is 0 Å². The summed E-state index contributed by atoms with van der Waals surface area (Å²) in [5.74, 6) is 0. The van der Waals surface area contributed by atoms with Crippen LogP contribution in [0.1, 0.15) is 36.5 Å². The van der Waals surface area contributed by atoms with E-state index in [-0.39, 0.29) is 11.5 Å². The Labute approximate surface area is 193 Å². The van der Waals surface area contributed by atoms with E-state index >= 15 is 0 Å². The third kappa shape index (κ3) is 3.53. The SMILES string of the molecule is CCN1C(=S)SC(c2cccc3ccccc23)N(CC)C1c1cccc2ccccc12. The number of hydrogen-bond acceptors (Lipinski definition) is 3. The largest absolute Gasteiger partial charge is 0.338 e. The fraction of sp³-hybridized carbons (Fsp3) is 0.222. The van der Waals surface area contributed by atoms with Gasteiger partial charge in [-0.15, -0.1) is 0 Å². The van der Waals surface area contributed by atoms with E-state index in [1.54, 1.807) is 11.8 Å². The maximum Gasteiger partial charge on any atom is 0.139 e. The van der Waals surface area contributed by atoms with Crippen molar-refractivity contribution in [3.63, 3.8) is 0 Å². The number of nitrogens with zero attached hydrogens (tertiary/aromatic N) is 2. The Morgan fingerprint density at radius 1 is 0.710 bits per heavy atom. The van der Waals surface area contributed by atoms with Gasteiger partial charge in [0, 0.05) is 6.54 Å². The predicted octanol–water partition coefficient (Wildman–Crippen LogP) is 7.37. The van der Waals surface area contributed by atoms with Crippen molar-refractivity contribution in [1.29, 1.82) is 0 Å². The van der Waals surface area contributed by atoms with E-state index in [0.29, 0.717) is 0 Å². The highest BCUT2D eigenvalue weighted by molar-refractivity contribution is 8.23. The highest BCUT2D eigenvalue weighted by Crippen LogP contribution is 2.48. The van der Waals surface area contributed by atoms with Crippen LogP contribution in [0.5, 0.6) is 0 Å². The van der Waals surface area contributed by atoms with Gasteiger partial charge in [-0.2, -0.15) is 0 Å². The van der Waals surface area contributed by atoms with Gasteiger partial charge in [0.1, 0.15) is 10.5 Å². The third-order valence-corrected chi connectivity index (χ3v) is 7.96. The Balaban J connectivity index is 1.70. The minimum absolute atomic E-state index is 0.110. The molecule has 0 amide bonds. The van der Waals surface area contributed by atoms with Crippen LogP contribution in [0.2, 0.25) is 0 Å². The second-order valence-corrected chi connectivity index (χ2v) is 9.58. The van der Waals surface area contributed by atoms with Crippen LogP contribution in [0.15, 0.2) is 84.9 Å². The molecular formula is C27H26N2S2. The summed E-state index contributed by atoms with van der Waals surface area (Å²) in [5, 5.41) is 5.35. The first-order chi connectivity index (χ1) is 15.2. The second-order valence-electron chi connectivity index (χ2n) is 7.86. The maximum absolute atomic E-state index is 5.99. The summed E-state index contributed by atoms with van der Waals surface area (Å²) in [5.41, 5.74) is 2.67. The van der Waals surface area contributed by atoms with Crippen molar-refractivity contribution in [1.82, 2.24) is 9.80 Å². The number of fused-ring (bicyclic) bond motifs is 2. The molecule has 0 aromatic heterocycles. The zero-order valence-electron chi connectivity index (χ0n) is 17.9. The van der Waals surface area contributed by atoms with Crippen molar-refractivity contribution in [3.05, 3.63) is 96.1 Å². The first-order valence-electron chi connectivity index (χ1n) is 10.9. The molecule has 0 bridgehead atoms. The smallest absolute Gasteiger partial charge is 0.139 e. The molecule has 31 heavy (non-hydrogen) atoms. The van der Waals surface area contributed by atoms with E-state index in [4.69, 9.17) is 12.2 Å². The maximum atomic E-state index is 5.99. The van der Waals surface area contributed by atoms with E-state index in [2.05, 4.69) is 109 Å². The van der Waals surface area contributed by atoms with Crippen LogP contribution in [0.4, 0.5) is 0 Å². The Kier molecular flexibility index (Phi) is 5.70. The number of thioether (sulfide) groups is 1. The summed E-state index contributed by atoms with van der Waals surface area (Å²) >= 11 is 7.80. The summed E-state index contributed by atoms with van der Waals surface area (Å²) in [6, 6.07) is 30.7. The molecular weight excluding hydrogens is 416 g/mol. The lowest BCUT2D eigenvalue weighted by Crippen LogP contribution is -2.48. The molecule has 1 fully saturated rings. The van der Waals surface area contributed by atoms with Crippen molar-refractivity contribution in [2.75, 3.05) is 13.1 Å². The van der Waals surface area contributed by atoms with Gasteiger partial charge in [0.2, 0.25) is 0 Å². The number of rotatable bonds is 4. The fourth-order valence-corrected chi connectivity index (χ4v) is 6.60. The van der Waals surface area contributed by atoms with Gasteiger partial charge in [-0.3, -0.25) is 4.90 Å². The second kappa shape index (κ2) is 8.62. The highest BCUT2D eigenvalue weighted by atomic mass is 32.2. The zero-order chi connectivity index (χ0) is 21.4. The highest BCUT2D eigenvalue weighted by Gasteiger charge is 2.40. The van der Waals surface area contributed by atoms with Crippen molar-refractivity contribution < 1.29 is 0 Å². The number of thiocarbonyl (C=S) groups is 1. The minimum atomic E-state index is 0.110. The molecule has 0 aliphatic carbocycles. The minimum Gasteiger partial charge on any atom is -0.338 e. The Morgan fingerprint density at radius 3 is 1.87 bits per heavy atom. The van der Waals surface area contributed by atoms with Gasteiger partial charge in [0.15, 0.2) is 0 Å². The van der Waals surface area contributed by atoms with E-state index in [1.165, 1.54) is 32.7 Å². The summed E-state index contributed by atoms with van der Waals surface area (Å²) in [4.78, 5) is 4.99. The summed E-state index contributed by atoms with van der Waals surface area (Å²) in [6.45, 7) is 6.29. The third-order valence-electron chi connectivity index (χ3n) is 6.25. The molecule has 2 unspecified atom stereocenters. The summed E-state index contributed by atoms with van der Waals surface area (Å²) < 4.78 is 0.975. The lowest BCUT2D eigenvalue weighted by molar-refractivity contribution is 0.0868. The summed E-state index contributed by atoms with van der Waals surface area (Å²) in [7, 11) is 0. The average molecular weight is 443 g/mol. The lowest BCUT2D eigenvalue weighted by Gasteiger charge is -2.49. The average Bonchev–Trinajstić information content (AvgIpc) is 2.82. The van der Waals surface area contributed by atoms with E-state index in [9.17, 15) is 0 Å². The molecule has 4 aromatic rings. The Bertz CT molecular complexity index is 1240. The van der Waals surface area contributed by atoms with Gasteiger partial charge in [-0.05, 0) is 46.1 Å². The number of hydrogen-bond donors (Lipinski definition) is 0. The first kappa shape index (κ1) is 20.5. The molecule has 4 aromatic carbocycles. The van der Waals surface area contributed by atoms with Crippen molar-refractivity contribution in [2.45, 2.75) is 25.4 Å². The van der Waals surface area contributed by atoms with Gasteiger partial charge in [-0.1, -0.05) is 116 Å². The molecule has 1 heterocycles. The zero-order valence-corrected chi connectivity index (χ0v) is 19.5. The molecule has 0 radical (unpaired) electrons. The normalized spacial score (nSPS) is 19.9. The van der Waals surface area contributed by atoms with Crippen LogP contribution in [-0.4, -0.2) is 27.2 Å². The monoisotopic (exact) mass is 442 g/mol. The lowest BCUT2D eigenvalue weighted by atomic mass is 9.99. The molecule has 2 atom stereocenters. The predicted molar refractivity (Wildman–Crippen MR) is 138 cm³/mol.